The summed E-state index contributed by atoms with van der Waals surface area (Å²) in [5.41, 5.74) is 6.37. The first-order valence-electron chi connectivity index (χ1n) is 3.02. The highest BCUT2D eigenvalue weighted by atomic mass is 17.4. The summed E-state index contributed by atoms with van der Waals surface area (Å²) in [4.78, 5) is 9.12. The molecule has 0 aromatic heterocycles. The van der Waals surface area contributed by atoms with Crippen LogP contribution in [0.5, 0.6) is 0 Å². The Hall–Kier alpha value is -0.900. The van der Waals surface area contributed by atoms with Crippen LogP contribution < -0.4 is 5.73 Å². The zero-order valence-electron chi connectivity index (χ0n) is 5.28. The molecule has 0 saturated carbocycles. The zero-order chi connectivity index (χ0) is 7.03. The van der Waals surface area contributed by atoms with Crippen LogP contribution in [0.25, 0.3) is 0 Å². The van der Waals surface area contributed by atoms with Gasteiger partial charge in [-0.2, -0.15) is 9.78 Å². The first-order valence-corrected chi connectivity index (χ1v) is 3.02. The van der Waals surface area contributed by atoms with Crippen molar-refractivity contribution in [2.45, 2.75) is 5.91 Å². The van der Waals surface area contributed by atoms with Crippen LogP contribution >= 0.6 is 0 Å². The summed E-state index contributed by atoms with van der Waals surface area (Å²) in [6.07, 6.45) is 0. The maximum atomic E-state index is 5.52. The Kier molecular flexibility index (Phi) is 1.05. The van der Waals surface area contributed by atoms with Crippen molar-refractivity contribution in [2.24, 2.45) is 5.73 Å². The number of nitrogens with two attached hydrogens (primary N) is 1. The molecule has 1 saturated heterocycles. The minimum Gasteiger partial charge on any atom is -0.272 e. The van der Waals surface area contributed by atoms with Gasteiger partial charge in [0.2, 0.25) is 0 Å². The summed E-state index contributed by atoms with van der Waals surface area (Å²) in [7, 11) is 0. The average Bonchev–Trinajstić information content (AvgIpc) is 2.72. The van der Waals surface area contributed by atoms with Crippen LogP contribution in [0, 0.1) is 0 Å². The van der Waals surface area contributed by atoms with Gasteiger partial charge in [0.15, 0.2) is 0 Å². The summed E-state index contributed by atoms with van der Waals surface area (Å²) in [6.45, 7) is 0. The lowest BCUT2D eigenvalue weighted by molar-refractivity contribution is 0.0850. The highest BCUT2D eigenvalue weighted by Crippen LogP contribution is 2.33. The molecule has 2 N–H and O–H groups in total. The standard InChI is InChI=1S/C7H7NO2/c8-7(9-10-7)6-4-2-1-3-5-6/h1-5H,8H2. The van der Waals surface area contributed by atoms with E-state index in [1.54, 1.807) is 0 Å². The van der Waals surface area contributed by atoms with Crippen LogP contribution in [0.4, 0.5) is 0 Å². The van der Waals surface area contributed by atoms with Crippen LogP contribution in [-0.4, -0.2) is 0 Å². The molecule has 1 aromatic rings. The van der Waals surface area contributed by atoms with Crippen LogP contribution in [0.1, 0.15) is 5.56 Å². The Bertz CT molecular complexity index is 231. The summed E-state index contributed by atoms with van der Waals surface area (Å²) in [5.74, 6) is -0.957. The monoisotopic (exact) mass is 137 g/mol. The van der Waals surface area contributed by atoms with Crippen molar-refractivity contribution in [3.63, 3.8) is 0 Å². The number of hydrogen-bond donors (Lipinski definition) is 1. The smallest absolute Gasteiger partial charge is 0.272 e. The van der Waals surface area contributed by atoms with Gasteiger partial charge in [0.05, 0.1) is 0 Å². The Morgan fingerprint density at radius 1 is 1.10 bits per heavy atom. The molecule has 0 unspecified atom stereocenters. The van der Waals surface area contributed by atoms with Gasteiger partial charge in [0.1, 0.15) is 0 Å². The Morgan fingerprint density at radius 3 is 2.20 bits per heavy atom. The van der Waals surface area contributed by atoms with Crippen LogP contribution in [0.3, 0.4) is 0 Å². The van der Waals surface area contributed by atoms with Crippen molar-refractivity contribution in [2.75, 3.05) is 0 Å². The van der Waals surface area contributed by atoms with Crippen LogP contribution in [0.2, 0.25) is 0 Å². The quantitative estimate of drug-likeness (QED) is 0.458. The predicted octanol–water partition coefficient (Wildman–Crippen LogP) is 0.717. The van der Waals surface area contributed by atoms with Crippen LogP contribution in [-0.2, 0) is 15.7 Å². The second-order valence-electron chi connectivity index (χ2n) is 2.20. The molecule has 52 valence electrons. The van der Waals surface area contributed by atoms with Crippen LogP contribution in [0.15, 0.2) is 30.3 Å². The molecule has 2 rings (SSSR count). The molecule has 0 spiro atoms. The minimum absolute atomic E-state index is 0.843. The van der Waals surface area contributed by atoms with E-state index in [-0.39, 0.29) is 0 Å². The third kappa shape index (κ3) is 0.806. The Balaban J connectivity index is 2.35. The normalized spacial score (nSPS) is 20.5. The third-order valence-corrected chi connectivity index (χ3v) is 1.44. The largest absolute Gasteiger partial charge is 0.311 e. The van der Waals surface area contributed by atoms with Crippen molar-refractivity contribution in [3.8, 4) is 0 Å². The molecule has 0 amide bonds. The Morgan fingerprint density at radius 2 is 1.70 bits per heavy atom. The van der Waals surface area contributed by atoms with Gasteiger partial charge in [-0.15, -0.1) is 0 Å². The molecule has 0 radical (unpaired) electrons. The van der Waals surface area contributed by atoms with Crippen molar-refractivity contribution in [1.29, 1.82) is 0 Å². The molecule has 0 aliphatic carbocycles. The fraction of sp³-hybridized carbons (Fsp3) is 0.143. The molecule has 1 heterocycles. The number of benzene rings is 1. The van der Waals surface area contributed by atoms with Gasteiger partial charge in [-0.05, 0) is 0 Å². The van der Waals surface area contributed by atoms with Crippen molar-refractivity contribution < 1.29 is 9.78 Å². The highest BCUT2D eigenvalue weighted by molar-refractivity contribution is 5.20. The van der Waals surface area contributed by atoms with Gasteiger partial charge in [0, 0.05) is 5.56 Å². The first kappa shape index (κ1) is 5.85. The van der Waals surface area contributed by atoms with Crippen molar-refractivity contribution in [1.82, 2.24) is 0 Å². The van der Waals surface area contributed by atoms with E-state index in [4.69, 9.17) is 5.73 Å². The summed E-state index contributed by atoms with van der Waals surface area (Å²) in [5, 5.41) is 0. The second kappa shape index (κ2) is 1.79. The van der Waals surface area contributed by atoms with E-state index in [9.17, 15) is 0 Å². The first-order chi connectivity index (χ1) is 4.81. The highest BCUT2D eigenvalue weighted by Gasteiger charge is 2.46. The molecule has 3 heteroatoms. The lowest BCUT2D eigenvalue weighted by Gasteiger charge is -1.97. The van der Waals surface area contributed by atoms with Crippen molar-refractivity contribution in [3.05, 3.63) is 35.9 Å². The van der Waals surface area contributed by atoms with Crippen molar-refractivity contribution >= 4 is 0 Å². The van der Waals surface area contributed by atoms with Gasteiger partial charge in [-0.25, -0.2) is 0 Å². The van der Waals surface area contributed by atoms with E-state index in [2.05, 4.69) is 9.78 Å². The molecule has 1 aliphatic rings. The van der Waals surface area contributed by atoms with E-state index in [0.29, 0.717) is 0 Å². The van der Waals surface area contributed by atoms with E-state index in [1.807, 2.05) is 30.3 Å². The summed E-state index contributed by atoms with van der Waals surface area (Å²) < 4.78 is 0. The fourth-order valence-electron chi connectivity index (χ4n) is 0.812. The number of hydrogen-bond acceptors (Lipinski definition) is 3. The van der Waals surface area contributed by atoms with Gasteiger partial charge in [0.25, 0.3) is 0 Å². The molecule has 1 fully saturated rings. The zero-order valence-corrected chi connectivity index (χ0v) is 5.28. The van der Waals surface area contributed by atoms with E-state index < -0.39 is 5.91 Å². The van der Waals surface area contributed by atoms with Gasteiger partial charge in [-0.1, -0.05) is 30.3 Å². The van der Waals surface area contributed by atoms with Gasteiger partial charge < -0.3 is 0 Å². The lowest BCUT2D eigenvalue weighted by Crippen LogP contribution is -2.19. The molecule has 0 bridgehead atoms. The SMILES string of the molecule is NC1(c2ccccc2)OO1. The predicted molar refractivity (Wildman–Crippen MR) is 34.5 cm³/mol. The number of rotatable bonds is 1. The maximum Gasteiger partial charge on any atom is 0.311 e. The molecule has 1 aromatic carbocycles. The topological polar surface area (TPSA) is 51.1 Å². The van der Waals surface area contributed by atoms with Gasteiger partial charge in [-0.3, -0.25) is 5.73 Å². The summed E-state index contributed by atoms with van der Waals surface area (Å²) in [6, 6.07) is 9.39. The lowest BCUT2D eigenvalue weighted by atomic mass is 10.2. The molecule has 0 atom stereocenters. The molecule has 3 nitrogen and oxygen atoms in total. The van der Waals surface area contributed by atoms with E-state index in [0.717, 1.165) is 5.56 Å². The molecular weight excluding hydrogens is 130 g/mol. The molecule has 10 heavy (non-hydrogen) atoms. The van der Waals surface area contributed by atoms with Gasteiger partial charge >= 0.3 is 5.91 Å². The van der Waals surface area contributed by atoms with E-state index >= 15 is 0 Å². The summed E-state index contributed by atoms with van der Waals surface area (Å²) >= 11 is 0. The average molecular weight is 137 g/mol. The Labute approximate surface area is 58.3 Å². The molecular formula is C7H7NO2. The molecule has 1 aliphatic heterocycles. The second-order valence-corrected chi connectivity index (χ2v) is 2.20. The minimum atomic E-state index is -0.957. The fourth-order valence-corrected chi connectivity index (χ4v) is 0.812. The third-order valence-electron chi connectivity index (χ3n) is 1.44. The maximum absolute atomic E-state index is 5.52. The van der Waals surface area contributed by atoms with E-state index in [1.165, 1.54) is 0 Å².